The van der Waals surface area contributed by atoms with Crippen LogP contribution in [-0.4, -0.2) is 15.4 Å². The van der Waals surface area contributed by atoms with Gasteiger partial charge < -0.3 is 4.57 Å². The predicted molar refractivity (Wildman–Crippen MR) is 77.0 cm³/mol. The van der Waals surface area contributed by atoms with Gasteiger partial charge >= 0.3 is 0 Å². The highest BCUT2D eigenvalue weighted by Gasteiger charge is 2.36. The van der Waals surface area contributed by atoms with Gasteiger partial charge in [-0.3, -0.25) is 0 Å². The summed E-state index contributed by atoms with van der Waals surface area (Å²) in [5, 5.41) is 1.13. The van der Waals surface area contributed by atoms with E-state index in [1.807, 2.05) is 12.1 Å². The zero-order valence-electron chi connectivity index (χ0n) is 9.96. The van der Waals surface area contributed by atoms with Crippen molar-refractivity contribution in [3.05, 3.63) is 28.0 Å². The van der Waals surface area contributed by atoms with E-state index in [2.05, 4.69) is 16.5 Å². The Bertz CT molecular complexity index is 606. The summed E-state index contributed by atoms with van der Waals surface area (Å²) in [5.41, 5.74) is 1.97. The zero-order valence-corrected chi connectivity index (χ0v) is 12.2. The molecule has 0 bridgehead atoms. The smallest absolute Gasteiger partial charge is 0.111 e. The van der Waals surface area contributed by atoms with E-state index in [1.165, 1.54) is 6.42 Å². The van der Waals surface area contributed by atoms with E-state index >= 15 is 0 Å². The Morgan fingerprint density at radius 2 is 2.00 bits per heavy atom. The number of aryl methyl sites for hydroxylation is 1. The van der Waals surface area contributed by atoms with Crippen LogP contribution in [0.1, 0.15) is 25.2 Å². The maximum atomic E-state index is 6.11. The van der Waals surface area contributed by atoms with Crippen LogP contribution in [0.4, 0.5) is 0 Å². The first-order valence-electron chi connectivity index (χ1n) is 6.03. The molecule has 1 fully saturated rings. The molecule has 3 rings (SSSR count). The number of halogens is 3. The molecule has 0 radical (unpaired) electrons. The van der Waals surface area contributed by atoms with Crippen LogP contribution in [0.2, 0.25) is 10.0 Å². The van der Waals surface area contributed by atoms with Crippen molar-refractivity contribution in [3.8, 4) is 0 Å². The Hall–Kier alpha value is -0.440. The Morgan fingerprint density at radius 3 is 2.61 bits per heavy atom. The Labute approximate surface area is 121 Å². The third-order valence-electron chi connectivity index (χ3n) is 3.52. The number of rotatable bonds is 3. The van der Waals surface area contributed by atoms with Gasteiger partial charge in [-0.05, 0) is 24.5 Å². The molecular weight excluding hydrogens is 291 g/mol. The van der Waals surface area contributed by atoms with Gasteiger partial charge in [0.2, 0.25) is 0 Å². The quantitative estimate of drug-likeness (QED) is 0.751. The summed E-state index contributed by atoms with van der Waals surface area (Å²) in [4.78, 5) is 4.64. The van der Waals surface area contributed by atoms with Crippen LogP contribution in [-0.2, 0) is 6.42 Å². The molecule has 0 aliphatic heterocycles. The van der Waals surface area contributed by atoms with E-state index < -0.39 is 0 Å². The molecule has 1 heterocycles. The molecule has 0 amide bonds. The van der Waals surface area contributed by atoms with Crippen molar-refractivity contribution < 1.29 is 0 Å². The van der Waals surface area contributed by atoms with E-state index in [9.17, 15) is 0 Å². The molecular formula is C13H13Cl3N2. The van der Waals surface area contributed by atoms with Crippen molar-refractivity contribution in [1.29, 1.82) is 0 Å². The largest absolute Gasteiger partial charge is 0.325 e. The average molecular weight is 304 g/mol. The molecule has 5 heteroatoms. The van der Waals surface area contributed by atoms with Crippen LogP contribution in [0.15, 0.2) is 12.1 Å². The van der Waals surface area contributed by atoms with E-state index in [0.717, 1.165) is 23.3 Å². The molecule has 1 aromatic carbocycles. The summed E-state index contributed by atoms with van der Waals surface area (Å²) < 4.78 is 2.28. The van der Waals surface area contributed by atoms with E-state index in [-0.39, 0.29) is 0 Å². The summed E-state index contributed by atoms with van der Waals surface area (Å²) in [5.74, 6) is 2.31. The molecule has 1 aliphatic carbocycles. The second-order valence-electron chi connectivity index (χ2n) is 4.87. The lowest BCUT2D eigenvalue weighted by molar-refractivity contribution is 0.665. The van der Waals surface area contributed by atoms with Crippen molar-refractivity contribution in [2.75, 3.05) is 5.88 Å². The van der Waals surface area contributed by atoms with E-state index in [4.69, 9.17) is 34.8 Å². The number of aromatic nitrogens is 2. The third kappa shape index (κ3) is 2.01. The molecule has 1 aliphatic rings. The number of hydrogen-bond donors (Lipinski definition) is 0. The van der Waals surface area contributed by atoms with Gasteiger partial charge in [0, 0.05) is 18.3 Å². The van der Waals surface area contributed by atoms with Gasteiger partial charge in [0.15, 0.2) is 0 Å². The first kappa shape index (κ1) is 12.6. The number of hydrogen-bond acceptors (Lipinski definition) is 1. The Balaban J connectivity index is 2.21. The van der Waals surface area contributed by atoms with Gasteiger partial charge in [0.25, 0.3) is 0 Å². The predicted octanol–water partition coefficient (Wildman–Crippen LogP) is 4.71. The second kappa shape index (κ2) is 4.59. The van der Waals surface area contributed by atoms with Crippen LogP contribution in [0.3, 0.4) is 0 Å². The topological polar surface area (TPSA) is 17.8 Å². The van der Waals surface area contributed by atoms with Gasteiger partial charge in [-0.2, -0.15) is 0 Å². The third-order valence-corrected chi connectivity index (χ3v) is 4.43. The molecule has 0 saturated heterocycles. The highest BCUT2D eigenvalue weighted by atomic mass is 35.5. The normalized spacial score (nSPS) is 22.7. The lowest BCUT2D eigenvalue weighted by atomic mass is 10.3. The molecule has 2 atom stereocenters. The van der Waals surface area contributed by atoms with Gasteiger partial charge in [-0.15, -0.1) is 11.6 Å². The number of nitrogens with zero attached hydrogens (tertiary/aromatic N) is 2. The molecule has 1 aromatic heterocycles. The lowest BCUT2D eigenvalue weighted by Gasteiger charge is -2.07. The van der Waals surface area contributed by atoms with Crippen LogP contribution in [0.5, 0.6) is 0 Å². The van der Waals surface area contributed by atoms with Crippen LogP contribution < -0.4 is 0 Å². The fourth-order valence-electron chi connectivity index (χ4n) is 2.43. The first-order chi connectivity index (χ1) is 8.61. The number of imidazole rings is 1. The molecule has 0 N–H and O–H groups in total. The van der Waals surface area contributed by atoms with Crippen molar-refractivity contribution in [3.63, 3.8) is 0 Å². The molecule has 1 saturated carbocycles. The van der Waals surface area contributed by atoms with Gasteiger partial charge in [0.05, 0.1) is 21.1 Å². The van der Waals surface area contributed by atoms with Gasteiger partial charge in [-0.25, -0.2) is 4.98 Å². The minimum atomic E-state index is 0.533. The van der Waals surface area contributed by atoms with Gasteiger partial charge in [0.1, 0.15) is 5.82 Å². The molecule has 18 heavy (non-hydrogen) atoms. The van der Waals surface area contributed by atoms with Crippen molar-refractivity contribution in [2.24, 2.45) is 5.92 Å². The number of benzene rings is 1. The van der Waals surface area contributed by atoms with Gasteiger partial charge in [-0.1, -0.05) is 30.1 Å². The Morgan fingerprint density at radius 1 is 1.33 bits per heavy atom. The van der Waals surface area contributed by atoms with Crippen molar-refractivity contribution in [2.45, 2.75) is 25.8 Å². The fourth-order valence-corrected chi connectivity index (χ4v) is 2.92. The monoisotopic (exact) mass is 302 g/mol. The summed E-state index contributed by atoms with van der Waals surface area (Å²) in [7, 11) is 0. The fraction of sp³-hybridized carbons (Fsp3) is 0.462. The van der Waals surface area contributed by atoms with Crippen LogP contribution in [0, 0.1) is 5.92 Å². The summed E-state index contributed by atoms with van der Waals surface area (Å²) in [6.45, 7) is 2.25. The maximum Gasteiger partial charge on any atom is 0.111 e. The Kier molecular flexibility index (Phi) is 3.21. The molecule has 2 aromatic rings. The minimum absolute atomic E-state index is 0.533. The molecule has 2 unspecified atom stereocenters. The number of fused-ring (bicyclic) bond motifs is 1. The van der Waals surface area contributed by atoms with Crippen LogP contribution >= 0.6 is 34.8 Å². The lowest BCUT2D eigenvalue weighted by Crippen LogP contribution is -2.03. The second-order valence-corrected chi connectivity index (χ2v) is 6.06. The van der Waals surface area contributed by atoms with Crippen molar-refractivity contribution in [1.82, 2.24) is 9.55 Å². The number of alkyl halides is 1. The molecule has 96 valence electrons. The SMILES string of the molecule is CC1CC1n1c(CCCl)nc2cc(Cl)c(Cl)cc21. The standard InChI is InChI=1S/C13H13Cl3N2/c1-7-4-11(7)18-12-6-9(16)8(15)5-10(12)17-13(18)2-3-14/h5-7,11H,2-4H2,1H3. The molecule has 2 nitrogen and oxygen atoms in total. The first-order valence-corrected chi connectivity index (χ1v) is 7.32. The summed E-state index contributed by atoms with van der Waals surface area (Å²) in [6.07, 6.45) is 1.97. The zero-order chi connectivity index (χ0) is 12.9. The van der Waals surface area contributed by atoms with Crippen LogP contribution in [0.25, 0.3) is 11.0 Å². The maximum absolute atomic E-state index is 6.11. The van der Waals surface area contributed by atoms with E-state index in [0.29, 0.717) is 27.9 Å². The minimum Gasteiger partial charge on any atom is -0.325 e. The average Bonchev–Trinajstić information content (AvgIpc) is 2.92. The molecule has 0 spiro atoms. The highest BCUT2D eigenvalue weighted by molar-refractivity contribution is 6.42. The van der Waals surface area contributed by atoms with Crippen molar-refractivity contribution >= 4 is 45.8 Å². The highest BCUT2D eigenvalue weighted by Crippen LogP contribution is 2.45. The summed E-state index contributed by atoms with van der Waals surface area (Å²) in [6, 6.07) is 4.28. The summed E-state index contributed by atoms with van der Waals surface area (Å²) >= 11 is 18.0. The van der Waals surface area contributed by atoms with E-state index in [1.54, 1.807) is 0 Å².